The van der Waals surface area contributed by atoms with Crippen molar-refractivity contribution in [2.75, 3.05) is 0 Å². The molecule has 0 saturated heterocycles. The molecule has 0 unspecified atom stereocenters. The van der Waals surface area contributed by atoms with Gasteiger partial charge >= 0.3 is 0 Å². The summed E-state index contributed by atoms with van der Waals surface area (Å²) in [5.74, 6) is -0.798. The number of aromatic amines is 1. The van der Waals surface area contributed by atoms with E-state index in [9.17, 15) is 9.90 Å². The maximum absolute atomic E-state index is 11.3. The number of carbonyl (C=O) groups is 1. The number of carbonyl (C=O) groups excluding carboxylic acids is 1. The summed E-state index contributed by atoms with van der Waals surface area (Å²) in [6.45, 7) is 3.44. The number of aromatic nitrogens is 3. The minimum absolute atomic E-state index is 0.160. The van der Waals surface area contributed by atoms with Crippen molar-refractivity contribution in [1.82, 2.24) is 15.0 Å². The van der Waals surface area contributed by atoms with Crippen molar-refractivity contribution in [3.63, 3.8) is 0 Å². The van der Waals surface area contributed by atoms with Crippen molar-refractivity contribution >= 4 is 23.1 Å². The number of nitrogens with two attached hydrogens (primary N) is 1. The Hall–Kier alpha value is -3.50. The van der Waals surface area contributed by atoms with E-state index in [1.54, 1.807) is 32.3 Å². The Kier molecular flexibility index (Phi) is 4.28. The number of benzene rings is 1. The van der Waals surface area contributed by atoms with Crippen LogP contribution in [0, 0.1) is 11.3 Å². The number of H-pyrrole nitrogens is 1. The van der Waals surface area contributed by atoms with Gasteiger partial charge in [-0.1, -0.05) is 24.3 Å². The van der Waals surface area contributed by atoms with Crippen molar-refractivity contribution < 1.29 is 9.90 Å². The zero-order chi connectivity index (χ0) is 18.9. The molecule has 130 valence electrons. The standard InChI is InChI=1S/C19H17N5O2/c1-19(2,26)14-5-3-11(4-6-14)15-10-23-18-16(24-15)13(9-22-18)7-12(8-20)17(21)25/h3-7,9-10,26H,1-2H3,(H2,21,25)(H,22,23). The Morgan fingerprint density at radius 2 is 2.04 bits per heavy atom. The summed E-state index contributed by atoms with van der Waals surface area (Å²) in [6.07, 6.45) is 4.63. The van der Waals surface area contributed by atoms with Gasteiger partial charge in [0.1, 0.15) is 17.2 Å². The fourth-order valence-corrected chi connectivity index (χ4v) is 2.52. The van der Waals surface area contributed by atoms with Gasteiger partial charge in [0.15, 0.2) is 5.65 Å². The molecule has 0 bridgehead atoms. The van der Waals surface area contributed by atoms with E-state index >= 15 is 0 Å². The van der Waals surface area contributed by atoms with Crippen molar-refractivity contribution in [2.24, 2.45) is 5.73 Å². The predicted octanol–water partition coefficient (Wildman–Crippen LogP) is 2.24. The first-order valence-electron chi connectivity index (χ1n) is 7.88. The number of primary amides is 1. The van der Waals surface area contributed by atoms with Gasteiger partial charge < -0.3 is 15.8 Å². The summed E-state index contributed by atoms with van der Waals surface area (Å²) in [5, 5.41) is 19.1. The second-order valence-corrected chi connectivity index (χ2v) is 6.37. The summed E-state index contributed by atoms with van der Waals surface area (Å²) in [6, 6.07) is 9.15. The highest BCUT2D eigenvalue weighted by molar-refractivity contribution is 6.02. The van der Waals surface area contributed by atoms with Crippen molar-refractivity contribution in [1.29, 1.82) is 5.26 Å². The second-order valence-electron chi connectivity index (χ2n) is 6.37. The molecule has 0 fully saturated rings. The molecule has 3 rings (SSSR count). The molecule has 0 atom stereocenters. The van der Waals surface area contributed by atoms with Crippen LogP contribution < -0.4 is 5.73 Å². The zero-order valence-electron chi connectivity index (χ0n) is 14.3. The van der Waals surface area contributed by atoms with Gasteiger partial charge in [0, 0.05) is 17.3 Å². The third kappa shape index (κ3) is 3.31. The quantitative estimate of drug-likeness (QED) is 0.492. The van der Waals surface area contributed by atoms with Gasteiger partial charge in [-0.25, -0.2) is 9.97 Å². The third-order valence-electron chi connectivity index (χ3n) is 3.98. The van der Waals surface area contributed by atoms with Gasteiger partial charge in [0.25, 0.3) is 5.91 Å². The van der Waals surface area contributed by atoms with Gasteiger partial charge in [-0.05, 0) is 25.5 Å². The number of hydrogen-bond acceptors (Lipinski definition) is 5. The van der Waals surface area contributed by atoms with Crippen LogP contribution in [-0.2, 0) is 10.4 Å². The molecule has 3 aromatic rings. The Bertz CT molecular complexity index is 1050. The number of amides is 1. The van der Waals surface area contributed by atoms with E-state index in [4.69, 9.17) is 11.0 Å². The molecular formula is C19H17N5O2. The summed E-state index contributed by atoms with van der Waals surface area (Å²) in [5.41, 5.74) is 7.98. The van der Waals surface area contributed by atoms with Crippen molar-refractivity contribution in [2.45, 2.75) is 19.4 Å². The van der Waals surface area contributed by atoms with Gasteiger partial charge in [0.2, 0.25) is 0 Å². The number of rotatable bonds is 4. The van der Waals surface area contributed by atoms with Crippen molar-refractivity contribution in [3.05, 3.63) is 53.4 Å². The van der Waals surface area contributed by atoms with E-state index in [2.05, 4.69) is 15.0 Å². The predicted molar refractivity (Wildman–Crippen MR) is 97.4 cm³/mol. The van der Waals surface area contributed by atoms with Crippen LogP contribution in [-0.4, -0.2) is 26.0 Å². The molecule has 1 amide bonds. The number of aliphatic hydroxyl groups is 1. The average molecular weight is 347 g/mol. The summed E-state index contributed by atoms with van der Waals surface area (Å²) >= 11 is 0. The Morgan fingerprint density at radius 1 is 1.35 bits per heavy atom. The topological polar surface area (TPSA) is 129 Å². The Balaban J connectivity index is 2.06. The van der Waals surface area contributed by atoms with Gasteiger partial charge in [0.05, 0.1) is 17.5 Å². The third-order valence-corrected chi connectivity index (χ3v) is 3.98. The zero-order valence-corrected chi connectivity index (χ0v) is 14.3. The number of fused-ring (bicyclic) bond motifs is 1. The SMILES string of the molecule is CC(C)(O)c1ccc(-c2cnc3[nH]cc(C=C(C#N)C(N)=O)c3n2)cc1. The van der Waals surface area contributed by atoms with E-state index in [0.717, 1.165) is 11.1 Å². The average Bonchev–Trinajstić information content (AvgIpc) is 3.00. The molecular weight excluding hydrogens is 330 g/mol. The van der Waals surface area contributed by atoms with Crippen LogP contribution in [0.1, 0.15) is 25.0 Å². The second kappa shape index (κ2) is 6.43. The molecule has 0 aliphatic carbocycles. The van der Waals surface area contributed by atoms with Gasteiger partial charge in [-0.15, -0.1) is 0 Å². The first kappa shape index (κ1) is 17.3. The monoisotopic (exact) mass is 347 g/mol. The molecule has 0 aliphatic rings. The normalized spacial score (nSPS) is 12.2. The van der Waals surface area contributed by atoms with Crippen LogP contribution >= 0.6 is 0 Å². The number of nitriles is 1. The fraction of sp³-hybridized carbons (Fsp3) is 0.158. The molecule has 4 N–H and O–H groups in total. The Morgan fingerprint density at radius 3 is 2.62 bits per heavy atom. The molecule has 0 aliphatic heterocycles. The lowest BCUT2D eigenvalue weighted by molar-refractivity contribution is -0.114. The minimum Gasteiger partial charge on any atom is -0.386 e. The first-order chi connectivity index (χ1) is 12.3. The van der Waals surface area contributed by atoms with Crippen LogP contribution in [0.5, 0.6) is 0 Å². The summed E-state index contributed by atoms with van der Waals surface area (Å²) < 4.78 is 0. The van der Waals surface area contributed by atoms with E-state index in [1.165, 1.54) is 6.08 Å². The molecule has 2 aromatic heterocycles. The lowest BCUT2D eigenvalue weighted by Gasteiger charge is -2.17. The van der Waals surface area contributed by atoms with E-state index < -0.39 is 11.5 Å². The van der Waals surface area contributed by atoms with E-state index in [-0.39, 0.29) is 5.57 Å². The number of nitrogens with one attached hydrogen (secondary N) is 1. The summed E-state index contributed by atoms with van der Waals surface area (Å²) in [7, 11) is 0. The first-order valence-corrected chi connectivity index (χ1v) is 7.88. The molecule has 7 nitrogen and oxygen atoms in total. The lowest BCUT2D eigenvalue weighted by Crippen LogP contribution is -2.14. The molecule has 1 aromatic carbocycles. The van der Waals surface area contributed by atoms with Crippen LogP contribution in [0.3, 0.4) is 0 Å². The maximum Gasteiger partial charge on any atom is 0.259 e. The smallest absolute Gasteiger partial charge is 0.259 e. The highest BCUT2D eigenvalue weighted by Gasteiger charge is 2.16. The molecule has 0 spiro atoms. The number of nitrogens with zero attached hydrogens (tertiary/aromatic N) is 3. The highest BCUT2D eigenvalue weighted by Crippen LogP contribution is 2.25. The van der Waals surface area contributed by atoms with E-state index in [1.807, 2.05) is 24.3 Å². The molecule has 26 heavy (non-hydrogen) atoms. The van der Waals surface area contributed by atoms with Crippen LogP contribution in [0.25, 0.3) is 28.5 Å². The number of hydrogen-bond donors (Lipinski definition) is 3. The van der Waals surface area contributed by atoms with Crippen molar-refractivity contribution in [3.8, 4) is 17.3 Å². The molecule has 0 saturated carbocycles. The van der Waals surface area contributed by atoms with Crippen LogP contribution in [0.2, 0.25) is 0 Å². The van der Waals surface area contributed by atoms with Crippen LogP contribution in [0.15, 0.2) is 42.2 Å². The molecule has 0 radical (unpaired) electrons. The summed E-state index contributed by atoms with van der Waals surface area (Å²) in [4.78, 5) is 23.1. The lowest BCUT2D eigenvalue weighted by atomic mass is 9.97. The Labute approximate surface area is 149 Å². The largest absolute Gasteiger partial charge is 0.386 e. The van der Waals surface area contributed by atoms with E-state index in [0.29, 0.717) is 22.4 Å². The maximum atomic E-state index is 11.3. The van der Waals surface area contributed by atoms with Crippen LogP contribution in [0.4, 0.5) is 0 Å². The molecule has 2 heterocycles. The molecule has 7 heteroatoms. The minimum atomic E-state index is -0.921. The fourth-order valence-electron chi connectivity index (χ4n) is 2.52. The van der Waals surface area contributed by atoms with Gasteiger partial charge in [-0.2, -0.15) is 5.26 Å². The van der Waals surface area contributed by atoms with Gasteiger partial charge in [-0.3, -0.25) is 4.79 Å². The highest BCUT2D eigenvalue weighted by atomic mass is 16.3.